The zero-order valence-electron chi connectivity index (χ0n) is 4.58. The molecule has 1 rings (SSSR count). The van der Waals surface area contributed by atoms with Crippen molar-refractivity contribution in [2.75, 3.05) is 0 Å². The molecule has 1 heterocycles. The molecule has 0 aliphatic rings. The summed E-state index contributed by atoms with van der Waals surface area (Å²) in [5.74, 6) is 0. The Bertz CT molecular complexity index is 235. The largest absolute Gasteiger partial charge is 0.240 e. The first-order chi connectivity index (χ1) is 4.34. The predicted octanol–water partition coefficient (Wildman–Crippen LogP) is 1.06. The first-order valence-corrected chi connectivity index (χ1v) is 2.76. The lowest BCUT2D eigenvalue weighted by atomic mass is 10.7. The second-order valence-electron chi connectivity index (χ2n) is 1.47. The quantitative estimate of drug-likeness (QED) is 0.587. The number of aromatic nitrogens is 2. The molecule has 0 bridgehead atoms. The number of nitrogens with zero attached hydrogens (tertiary/aromatic N) is 3. The van der Waals surface area contributed by atoms with Crippen LogP contribution < -0.4 is 0 Å². The van der Waals surface area contributed by atoms with E-state index < -0.39 is 0 Å². The van der Waals surface area contributed by atoms with Gasteiger partial charge in [0.05, 0.1) is 12.3 Å². The molecule has 0 atom stereocenters. The van der Waals surface area contributed by atoms with Crippen LogP contribution >= 0.6 is 11.6 Å². The van der Waals surface area contributed by atoms with Gasteiger partial charge in [-0.1, -0.05) is 11.6 Å². The van der Waals surface area contributed by atoms with Gasteiger partial charge in [0.25, 0.3) is 0 Å². The predicted molar refractivity (Wildman–Crippen MR) is 32.8 cm³/mol. The van der Waals surface area contributed by atoms with Crippen LogP contribution in [0.1, 0.15) is 0 Å². The van der Waals surface area contributed by atoms with E-state index >= 15 is 0 Å². The molecule has 0 aliphatic heterocycles. The SMILES string of the molecule is N#CCn1nccc1Cl. The van der Waals surface area contributed by atoms with Gasteiger partial charge in [-0.3, -0.25) is 0 Å². The second-order valence-corrected chi connectivity index (χ2v) is 1.86. The molecule has 0 saturated heterocycles. The minimum atomic E-state index is 0.214. The summed E-state index contributed by atoms with van der Waals surface area (Å²) in [7, 11) is 0. The van der Waals surface area contributed by atoms with Crippen LogP contribution in [0.2, 0.25) is 5.15 Å². The minimum Gasteiger partial charge on any atom is -0.240 e. The van der Waals surface area contributed by atoms with Crippen molar-refractivity contribution in [3.8, 4) is 6.07 Å². The van der Waals surface area contributed by atoms with Crippen molar-refractivity contribution < 1.29 is 0 Å². The maximum absolute atomic E-state index is 8.19. The molecule has 1 aromatic rings. The lowest BCUT2D eigenvalue weighted by Crippen LogP contribution is -1.96. The summed E-state index contributed by atoms with van der Waals surface area (Å²) in [6.07, 6.45) is 1.56. The minimum absolute atomic E-state index is 0.214. The van der Waals surface area contributed by atoms with Crippen molar-refractivity contribution in [2.24, 2.45) is 0 Å². The molecule has 0 radical (unpaired) electrons. The third-order valence-corrected chi connectivity index (χ3v) is 1.21. The second kappa shape index (κ2) is 2.51. The van der Waals surface area contributed by atoms with Gasteiger partial charge in [0, 0.05) is 0 Å². The maximum atomic E-state index is 8.19. The Kier molecular flexibility index (Phi) is 1.71. The first-order valence-electron chi connectivity index (χ1n) is 2.39. The molecule has 3 nitrogen and oxygen atoms in total. The van der Waals surface area contributed by atoms with Gasteiger partial charge in [0.1, 0.15) is 11.7 Å². The summed E-state index contributed by atoms with van der Waals surface area (Å²) in [5.41, 5.74) is 0. The van der Waals surface area contributed by atoms with Crippen molar-refractivity contribution in [1.29, 1.82) is 5.26 Å². The molecular weight excluding hydrogens is 138 g/mol. The third kappa shape index (κ3) is 1.21. The summed E-state index contributed by atoms with van der Waals surface area (Å²) in [4.78, 5) is 0. The highest BCUT2D eigenvalue weighted by atomic mass is 35.5. The van der Waals surface area contributed by atoms with E-state index in [1.54, 1.807) is 12.3 Å². The number of halogens is 1. The molecule has 46 valence electrons. The van der Waals surface area contributed by atoms with Crippen LogP contribution in [0.15, 0.2) is 12.3 Å². The van der Waals surface area contributed by atoms with Crippen LogP contribution in [0.25, 0.3) is 0 Å². The fourth-order valence-corrected chi connectivity index (χ4v) is 0.660. The van der Waals surface area contributed by atoms with Crippen LogP contribution in [0.5, 0.6) is 0 Å². The Morgan fingerprint density at radius 2 is 2.67 bits per heavy atom. The Morgan fingerprint density at radius 3 is 3.11 bits per heavy atom. The van der Waals surface area contributed by atoms with Crippen LogP contribution in [0.3, 0.4) is 0 Å². The van der Waals surface area contributed by atoms with E-state index in [1.807, 2.05) is 6.07 Å². The molecule has 0 saturated carbocycles. The molecule has 0 amide bonds. The van der Waals surface area contributed by atoms with E-state index in [0.717, 1.165) is 0 Å². The zero-order chi connectivity index (χ0) is 6.69. The Balaban J connectivity index is 2.84. The number of hydrogen-bond donors (Lipinski definition) is 0. The Labute approximate surface area is 57.5 Å². The van der Waals surface area contributed by atoms with E-state index in [4.69, 9.17) is 16.9 Å². The highest BCUT2D eigenvalue weighted by Crippen LogP contribution is 2.04. The van der Waals surface area contributed by atoms with Crippen molar-refractivity contribution >= 4 is 11.6 Å². The molecule has 4 heteroatoms. The lowest BCUT2D eigenvalue weighted by Gasteiger charge is -1.90. The summed E-state index contributed by atoms with van der Waals surface area (Å²) in [5, 5.41) is 12.5. The van der Waals surface area contributed by atoms with Gasteiger partial charge >= 0.3 is 0 Å². The van der Waals surface area contributed by atoms with E-state index in [2.05, 4.69) is 5.10 Å². The van der Waals surface area contributed by atoms with E-state index in [9.17, 15) is 0 Å². The Morgan fingerprint density at radius 1 is 1.89 bits per heavy atom. The van der Waals surface area contributed by atoms with Crippen molar-refractivity contribution in [3.63, 3.8) is 0 Å². The molecule has 9 heavy (non-hydrogen) atoms. The Hall–Kier alpha value is -1.01. The third-order valence-electron chi connectivity index (χ3n) is 0.885. The van der Waals surface area contributed by atoms with E-state index in [1.165, 1.54) is 4.68 Å². The molecular formula is C5H4ClN3. The molecule has 0 aromatic carbocycles. The highest BCUT2D eigenvalue weighted by molar-refractivity contribution is 6.29. The van der Waals surface area contributed by atoms with Crippen molar-refractivity contribution in [2.45, 2.75) is 6.54 Å². The highest BCUT2D eigenvalue weighted by Gasteiger charge is 1.94. The van der Waals surface area contributed by atoms with Crippen LogP contribution in [0, 0.1) is 11.3 Å². The summed E-state index contributed by atoms with van der Waals surface area (Å²) in [6, 6.07) is 3.56. The van der Waals surface area contributed by atoms with Gasteiger partial charge in [-0.25, -0.2) is 4.68 Å². The number of nitriles is 1. The normalized spacial score (nSPS) is 8.89. The molecule has 0 aliphatic carbocycles. The average Bonchev–Trinajstić information content (AvgIpc) is 2.18. The molecule has 0 fully saturated rings. The summed E-state index contributed by atoms with van der Waals surface area (Å²) in [6.45, 7) is 0.214. The van der Waals surface area contributed by atoms with Gasteiger partial charge in [0.15, 0.2) is 0 Å². The van der Waals surface area contributed by atoms with Crippen molar-refractivity contribution in [1.82, 2.24) is 9.78 Å². The smallest absolute Gasteiger partial charge is 0.129 e. The zero-order valence-corrected chi connectivity index (χ0v) is 5.34. The average molecular weight is 142 g/mol. The maximum Gasteiger partial charge on any atom is 0.129 e. The summed E-state index contributed by atoms with van der Waals surface area (Å²) < 4.78 is 1.42. The molecule has 1 aromatic heterocycles. The van der Waals surface area contributed by atoms with Gasteiger partial charge in [-0.05, 0) is 6.07 Å². The first kappa shape index (κ1) is 6.12. The number of hydrogen-bond acceptors (Lipinski definition) is 2. The molecule has 0 spiro atoms. The van der Waals surface area contributed by atoms with Crippen LogP contribution in [0.4, 0.5) is 0 Å². The summed E-state index contributed by atoms with van der Waals surface area (Å²) >= 11 is 5.57. The van der Waals surface area contributed by atoms with Crippen LogP contribution in [-0.2, 0) is 6.54 Å². The van der Waals surface area contributed by atoms with Gasteiger partial charge in [-0.2, -0.15) is 10.4 Å². The fourth-order valence-electron chi connectivity index (χ4n) is 0.500. The van der Waals surface area contributed by atoms with Crippen molar-refractivity contribution in [3.05, 3.63) is 17.4 Å². The van der Waals surface area contributed by atoms with Gasteiger partial charge in [0.2, 0.25) is 0 Å². The molecule has 0 unspecified atom stereocenters. The number of rotatable bonds is 1. The molecule has 0 N–H and O–H groups in total. The van der Waals surface area contributed by atoms with E-state index in [-0.39, 0.29) is 6.54 Å². The fraction of sp³-hybridized carbons (Fsp3) is 0.200. The standard InChI is InChI=1S/C5H4ClN3/c6-5-1-3-8-9(5)4-2-7/h1,3H,4H2. The lowest BCUT2D eigenvalue weighted by molar-refractivity contribution is 0.711. The van der Waals surface area contributed by atoms with Crippen LogP contribution in [-0.4, -0.2) is 9.78 Å². The van der Waals surface area contributed by atoms with Gasteiger partial charge in [-0.15, -0.1) is 0 Å². The monoisotopic (exact) mass is 141 g/mol. The topological polar surface area (TPSA) is 41.6 Å². The van der Waals surface area contributed by atoms with E-state index in [0.29, 0.717) is 5.15 Å². The van der Waals surface area contributed by atoms with Gasteiger partial charge < -0.3 is 0 Å².